The van der Waals surface area contributed by atoms with Gasteiger partial charge in [0.15, 0.2) is 5.78 Å². The highest BCUT2D eigenvalue weighted by Crippen LogP contribution is 2.45. The molecule has 106 valence electrons. The summed E-state index contributed by atoms with van der Waals surface area (Å²) in [6, 6.07) is 3.51. The fourth-order valence-electron chi connectivity index (χ4n) is 3.44. The highest BCUT2D eigenvalue weighted by atomic mass is 35.5. The van der Waals surface area contributed by atoms with Crippen molar-refractivity contribution in [3.63, 3.8) is 0 Å². The van der Waals surface area contributed by atoms with Gasteiger partial charge in [0.2, 0.25) is 0 Å². The molecular formula is C16H17Cl2NO. The third-order valence-corrected chi connectivity index (χ3v) is 5.18. The van der Waals surface area contributed by atoms with Gasteiger partial charge in [0.1, 0.15) is 0 Å². The molecular weight excluding hydrogens is 293 g/mol. The quantitative estimate of drug-likeness (QED) is 0.732. The first-order valence-electron chi connectivity index (χ1n) is 7.08. The van der Waals surface area contributed by atoms with Crippen LogP contribution in [0.3, 0.4) is 0 Å². The Balaban J connectivity index is 2.13. The second-order valence-corrected chi connectivity index (χ2v) is 6.53. The van der Waals surface area contributed by atoms with Crippen LogP contribution in [0.2, 0.25) is 10.0 Å². The predicted octanol–water partition coefficient (Wildman–Crippen LogP) is 5.63. The number of carbonyl (C=O) groups excluding carboxylic acids is 1. The molecule has 0 saturated heterocycles. The molecule has 0 aliphatic heterocycles. The maximum atomic E-state index is 13.0. The summed E-state index contributed by atoms with van der Waals surface area (Å²) in [6.07, 6.45) is 6.93. The first kappa shape index (κ1) is 14.0. The van der Waals surface area contributed by atoms with Crippen LogP contribution in [0, 0.1) is 5.41 Å². The smallest absolute Gasteiger partial charge is 0.171 e. The van der Waals surface area contributed by atoms with E-state index in [-0.39, 0.29) is 11.2 Å². The van der Waals surface area contributed by atoms with Crippen molar-refractivity contribution in [3.05, 3.63) is 33.9 Å². The number of aromatic nitrogens is 1. The van der Waals surface area contributed by atoms with Crippen molar-refractivity contribution < 1.29 is 4.79 Å². The minimum absolute atomic E-state index is 0.196. The van der Waals surface area contributed by atoms with Gasteiger partial charge in [-0.3, -0.25) is 4.79 Å². The number of H-pyrrole nitrogens is 1. The van der Waals surface area contributed by atoms with Gasteiger partial charge < -0.3 is 4.98 Å². The lowest BCUT2D eigenvalue weighted by molar-refractivity contribution is 0.0793. The number of hydrogen-bond acceptors (Lipinski definition) is 1. The molecule has 1 saturated carbocycles. The van der Waals surface area contributed by atoms with Gasteiger partial charge in [-0.25, -0.2) is 0 Å². The number of nitrogens with one attached hydrogen (secondary N) is 1. The Labute approximate surface area is 128 Å². The van der Waals surface area contributed by atoms with Gasteiger partial charge in [-0.2, -0.15) is 0 Å². The molecule has 2 aromatic rings. The van der Waals surface area contributed by atoms with Crippen molar-refractivity contribution in [2.75, 3.05) is 0 Å². The van der Waals surface area contributed by atoms with Crippen molar-refractivity contribution in [1.29, 1.82) is 0 Å². The Bertz CT molecular complexity index is 668. The summed E-state index contributed by atoms with van der Waals surface area (Å²) in [5.41, 5.74) is 1.35. The molecule has 0 bridgehead atoms. The highest BCUT2D eigenvalue weighted by molar-refractivity contribution is 6.39. The summed E-state index contributed by atoms with van der Waals surface area (Å²) >= 11 is 12.3. The van der Waals surface area contributed by atoms with E-state index in [1.54, 1.807) is 12.3 Å². The molecule has 0 radical (unpaired) electrons. The molecule has 1 heterocycles. The van der Waals surface area contributed by atoms with Crippen molar-refractivity contribution >= 4 is 39.9 Å². The molecule has 20 heavy (non-hydrogen) atoms. The molecule has 3 rings (SSSR count). The van der Waals surface area contributed by atoms with Gasteiger partial charge in [-0.1, -0.05) is 43.0 Å². The topological polar surface area (TPSA) is 32.9 Å². The molecule has 4 heteroatoms. The third-order valence-electron chi connectivity index (χ3n) is 4.66. The molecule has 0 spiro atoms. The average molecular weight is 310 g/mol. The summed E-state index contributed by atoms with van der Waals surface area (Å²) in [7, 11) is 0. The summed E-state index contributed by atoms with van der Waals surface area (Å²) in [5, 5.41) is 1.93. The van der Waals surface area contributed by atoms with E-state index >= 15 is 0 Å². The Morgan fingerprint density at radius 1 is 1.30 bits per heavy atom. The standard InChI is InChI=1S/C16H17Cl2NO/c1-2-16(5-3-4-6-16)15(20)11-9-19-13-8-10(17)7-12(18)14(11)13/h7-9,19H,2-6H2,1H3. The lowest BCUT2D eigenvalue weighted by atomic mass is 9.76. The zero-order valence-corrected chi connectivity index (χ0v) is 12.9. The molecule has 1 aliphatic rings. The van der Waals surface area contributed by atoms with Gasteiger partial charge in [0.25, 0.3) is 0 Å². The molecule has 1 aliphatic carbocycles. The van der Waals surface area contributed by atoms with E-state index in [1.165, 1.54) is 0 Å². The van der Waals surface area contributed by atoms with Crippen LogP contribution in [0.5, 0.6) is 0 Å². The molecule has 0 amide bonds. The molecule has 1 fully saturated rings. The predicted molar refractivity (Wildman–Crippen MR) is 83.8 cm³/mol. The Morgan fingerprint density at radius 2 is 2.00 bits per heavy atom. The van der Waals surface area contributed by atoms with Crippen LogP contribution >= 0.6 is 23.2 Å². The summed E-state index contributed by atoms with van der Waals surface area (Å²) in [5.74, 6) is 0.230. The van der Waals surface area contributed by atoms with E-state index in [2.05, 4.69) is 11.9 Å². The number of carbonyl (C=O) groups is 1. The van der Waals surface area contributed by atoms with E-state index in [9.17, 15) is 4.79 Å². The average Bonchev–Trinajstić information content (AvgIpc) is 3.04. The Morgan fingerprint density at radius 3 is 2.65 bits per heavy atom. The minimum Gasteiger partial charge on any atom is -0.360 e. The number of benzene rings is 1. The van der Waals surface area contributed by atoms with Crippen molar-refractivity contribution in [2.24, 2.45) is 5.41 Å². The van der Waals surface area contributed by atoms with Gasteiger partial charge in [-0.15, -0.1) is 0 Å². The minimum atomic E-state index is -0.196. The van der Waals surface area contributed by atoms with Crippen LogP contribution in [0.4, 0.5) is 0 Å². The number of aromatic amines is 1. The SMILES string of the molecule is CCC1(C(=O)c2c[nH]c3cc(Cl)cc(Cl)c23)CCCC1. The van der Waals surface area contributed by atoms with Crippen LogP contribution in [0.1, 0.15) is 49.4 Å². The fourth-order valence-corrected chi connectivity index (χ4v) is 4.04. The monoisotopic (exact) mass is 309 g/mol. The second kappa shape index (κ2) is 5.09. The van der Waals surface area contributed by atoms with E-state index in [0.717, 1.165) is 43.0 Å². The van der Waals surface area contributed by atoms with Gasteiger partial charge in [0.05, 0.1) is 5.02 Å². The number of ketones is 1. The first-order valence-corrected chi connectivity index (χ1v) is 7.84. The lowest BCUT2D eigenvalue weighted by Gasteiger charge is -2.25. The van der Waals surface area contributed by atoms with Crippen molar-refractivity contribution in [3.8, 4) is 0 Å². The molecule has 0 unspecified atom stereocenters. The van der Waals surface area contributed by atoms with Gasteiger partial charge >= 0.3 is 0 Å². The van der Waals surface area contributed by atoms with Crippen LogP contribution < -0.4 is 0 Å². The molecule has 1 aromatic heterocycles. The van der Waals surface area contributed by atoms with E-state index in [0.29, 0.717) is 15.6 Å². The van der Waals surface area contributed by atoms with E-state index < -0.39 is 0 Å². The van der Waals surface area contributed by atoms with Crippen LogP contribution in [0.25, 0.3) is 10.9 Å². The zero-order valence-electron chi connectivity index (χ0n) is 11.4. The van der Waals surface area contributed by atoms with Crippen LogP contribution in [-0.4, -0.2) is 10.8 Å². The fraction of sp³-hybridized carbons (Fsp3) is 0.438. The van der Waals surface area contributed by atoms with E-state index in [1.807, 2.05) is 6.07 Å². The Hall–Kier alpha value is -0.990. The first-order chi connectivity index (χ1) is 9.57. The Kier molecular flexibility index (Phi) is 3.55. The summed E-state index contributed by atoms with van der Waals surface area (Å²) in [6.45, 7) is 2.11. The third kappa shape index (κ3) is 2.06. The zero-order chi connectivity index (χ0) is 14.3. The number of Topliss-reactive ketones (excluding diaryl/α,β-unsaturated/α-hetero) is 1. The maximum absolute atomic E-state index is 13.0. The highest BCUT2D eigenvalue weighted by Gasteiger charge is 2.40. The van der Waals surface area contributed by atoms with Crippen molar-refractivity contribution in [2.45, 2.75) is 39.0 Å². The molecule has 1 N–H and O–H groups in total. The summed E-state index contributed by atoms with van der Waals surface area (Å²) in [4.78, 5) is 16.1. The van der Waals surface area contributed by atoms with E-state index in [4.69, 9.17) is 23.2 Å². The summed E-state index contributed by atoms with van der Waals surface area (Å²) < 4.78 is 0. The van der Waals surface area contributed by atoms with Crippen LogP contribution in [-0.2, 0) is 0 Å². The number of rotatable bonds is 3. The van der Waals surface area contributed by atoms with Crippen LogP contribution in [0.15, 0.2) is 18.3 Å². The van der Waals surface area contributed by atoms with Gasteiger partial charge in [0, 0.05) is 33.1 Å². The van der Waals surface area contributed by atoms with Crippen molar-refractivity contribution in [1.82, 2.24) is 4.98 Å². The lowest BCUT2D eigenvalue weighted by Crippen LogP contribution is -2.27. The molecule has 2 nitrogen and oxygen atoms in total. The van der Waals surface area contributed by atoms with Gasteiger partial charge in [-0.05, 0) is 31.4 Å². The largest absolute Gasteiger partial charge is 0.360 e. The number of halogens is 2. The normalized spacial score (nSPS) is 17.8. The second-order valence-electron chi connectivity index (χ2n) is 5.68. The number of fused-ring (bicyclic) bond motifs is 1. The maximum Gasteiger partial charge on any atom is 0.171 e. The molecule has 0 atom stereocenters. The number of hydrogen-bond donors (Lipinski definition) is 1. The molecule has 1 aromatic carbocycles.